The van der Waals surface area contributed by atoms with Gasteiger partial charge in [-0.3, -0.25) is 0 Å². The van der Waals surface area contributed by atoms with Crippen molar-refractivity contribution >= 4 is 29.1 Å². The molecule has 0 amide bonds. The minimum Gasteiger partial charge on any atom is -0.381 e. The minimum absolute atomic E-state index is 0.622. The second kappa shape index (κ2) is 4.45. The first kappa shape index (κ1) is 10.2. The summed E-state index contributed by atoms with van der Waals surface area (Å²) in [6.45, 7) is 2.06. The second-order valence-corrected chi connectivity index (χ2v) is 5.17. The van der Waals surface area contributed by atoms with Crippen LogP contribution in [0.25, 0.3) is 0 Å². The van der Waals surface area contributed by atoms with Crippen molar-refractivity contribution in [2.75, 3.05) is 16.8 Å². The molecule has 3 heteroatoms. The molecule has 1 heterocycles. The van der Waals surface area contributed by atoms with Crippen LogP contribution in [0.1, 0.15) is 12.0 Å². The Kier molecular flexibility index (Phi) is 3.24. The summed E-state index contributed by atoms with van der Waals surface area (Å²) < 4.78 is 0. The van der Waals surface area contributed by atoms with Gasteiger partial charge in [0.25, 0.3) is 0 Å². The van der Waals surface area contributed by atoms with Crippen molar-refractivity contribution in [3.05, 3.63) is 28.8 Å². The molecule has 0 aromatic heterocycles. The first-order chi connectivity index (χ1) is 6.77. The fourth-order valence-electron chi connectivity index (χ4n) is 1.63. The average molecular weight is 228 g/mol. The third kappa shape index (κ3) is 2.18. The first-order valence-corrected chi connectivity index (χ1v) is 6.40. The molecule has 1 fully saturated rings. The Morgan fingerprint density at radius 3 is 3.07 bits per heavy atom. The highest BCUT2D eigenvalue weighted by atomic mass is 35.5. The maximum absolute atomic E-state index is 6.05. The van der Waals surface area contributed by atoms with Gasteiger partial charge in [-0.05, 0) is 36.8 Å². The number of rotatable bonds is 2. The van der Waals surface area contributed by atoms with Gasteiger partial charge in [-0.25, -0.2) is 0 Å². The molecule has 0 radical (unpaired) electrons. The van der Waals surface area contributed by atoms with Gasteiger partial charge in [-0.1, -0.05) is 17.7 Å². The third-order valence-electron chi connectivity index (χ3n) is 2.56. The van der Waals surface area contributed by atoms with E-state index in [2.05, 4.69) is 18.3 Å². The van der Waals surface area contributed by atoms with E-state index in [1.807, 2.05) is 23.9 Å². The van der Waals surface area contributed by atoms with E-state index >= 15 is 0 Å². The summed E-state index contributed by atoms with van der Waals surface area (Å²) in [5.74, 6) is 2.49. The van der Waals surface area contributed by atoms with E-state index in [9.17, 15) is 0 Å². The van der Waals surface area contributed by atoms with Crippen molar-refractivity contribution < 1.29 is 0 Å². The van der Waals surface area contributed by atoms with Gasteiger partial charge in [0.1, 0.15) is 0 Å². The Balaban J connectivity index is 2.11. The molecule has 1 aromatic carbocycles. The molecule has 0 aliphatic carbocycles. The van der Waals surface area contributed by atoms with Gasteiger partial charge in [0.15, 0.2) is 0 Å². The van der Waals surface area contributed by atoms with Gasteiger partial charge in [0.2, 0.25) is 0 Å². The largest absolute Gasteiger partial charge is 0.381 e. The number of halogens is 1. The number of thioether (sulfide) groups is 1. The van der Waals surface area contributed by atoms with Crippen LogP contribution in [0.5, 0.6) is 0 Å². The summed E-state index contributed by atoms with van der Waals surface area (Å²) in [7, 11) is 0. The van der Waals surface area contributed by atoms with Crippen LogP contribution < -0.4 is 5.32 Å². The molecule has 0 bridgehead atoms. The third-order valence-corrected chi connectivity index (χ3v) is 4.13. The van der Waals surface area contributed by atoms with E-state index < -0.39 is 0 Å². The Hall–Kier alpha value is -0.340. The van der Waals surface area contributed by atoms with Crippen molar-refractivity contribution in [1.82, 2.24) is 0 Å². The van der Waals surface area contributed by atoms with E-state index in [1.54, 1.807) is 0 Å². The monoisotopic (exact) mass is 227 g/mol. The fourth-order valence-corrected chi connectivity index (χ4v) is 2.96. The standard InChI is InChI=1S/C11H14ClNS/c1-8-10(12)3-2-4-11(8)13-9-5-6-14-7-9/h2-4,9,13H,5-7H2,1H3. The quantitative estimate of drug-likeness (QED) is 0.829. The zero-order chi connectivity index (χ0) is 9.97. The van der Waals surface area contributed by atoms with E-state index in [4.69, 9.17) is 11.6 Å². The number of nitrogens with one attached hydrogen (secondary N) is 1. The normalized spacial score (nSPS) is 21.1. The van der Waals surface area contributed by atoms with Crippen LogP contribution in [0.2, 0.25) is 5.02 Å². The van der Waals surface area contributed by atoms with Crippen LogP contribution in [0.15, 0.2) is 18.2 Å². The van der Waals surface area contributed by atoms with E-state index in [-0.39, 0.29) is 0 Å². The molecule has 1 saturated heterocycles. The lowest BCUT2D eigenvalue weighted by Crippen LogP contribution is -2.18. The molecule has 0 saturated carbocycles. The summed E-state index contributed by atoms with van der Waals surface area (Å²) >= 11 is 8.07. The fraction of sp³-hybridized carbons (Fsp3) is 0.455. The highest BCUT2D eigenvalue weighted by Crippen LogP contribution is 2.26. The molecule has 1 N–H and O–H groups in total. The summed E-state index contributed by atoms with van der Waals surface area (Å²) in [6.07, 6.45) is 1.26. The predicted molar refractivity (Wildman–Crippen MR) is 65.5 cm³/mol. The Morgan fingerprint density at radius 1 is 1.50 bits per heavy atom. The predicted octanol–water partition coefficient (Wildman–Crippen LogP) is 3.57. The lowest BCUT2D eigenvalue weighted by molar-refractivity contribution is 0.812. The molecule has 2 rings (SSSR count). The lowest BCUT2D eigenvalue weighted by atomic mass is 10.1. The minimum atomic E-state index is 0.622. The molecule has 14 heavy (non-hydrogen) atoms. The lowest BCUT2D eigenvalue weighted by Gasteiger charge is -2.15. The van der Waals surface area contributed by atoms with Crippen LogP contribution in [0.4, 0.5) is 5.69 Å². The van der Waals surface area contributed by atoms with E-state index in [0.29, 0.717) is 6.04 Å². The topological polar surface area (TPSA) is 12.0 Å². The SMILES string of the molecule is Cc1c(Cl)cccc1NC1CCSC1. The van der Waals surface area contributed by atoms with Crippen molar-refractivity contribution in [2.45, 2.75) is 19.4 Å². The van der Waals surface area contributed by atoms with Gasteiger partial charge < -0.3 is 5.32 Å². The smallest absolute Gasteiger partial charge is 0.0455 e. The van der Waals surface area contributed by atoms with Gasteiger partial charge in [-0.15, -0.1) is 0 Å². The van der Waals surface area contributed by atoms with Crippen LogP contribution in [0.3, 0.4) is 0 Å². The van der Waals surface area contributed by atoms with Gasteiger partial charge in [0.05, 0.1) is 0 Å². The highest BCUT2D eigenvalue weighted by molar-refractivity contribution is 7.99. The Morgan fingerprint density at radius 2 is 2.36 bits per heavy atom. The molecule has 1 nitrogen and oxygen atoms in total. The second-order valence-electron chi connectivity index (χ2n) is 3.62. The van der Waals surface area contributed by atoms with Crippen LogP contribution in [-0.2, 0) is 0 Å². The molecule has 1 unspecified atom stereocenters. The number of anilines is 1. The highest BCUT2D eigenvalue weighted by Gasteiger charge is 2.15. The number of hydrogen-bond acceptors (Lipinski definition) is 2. The summed E-state index contributed by atoms with van der Waals surface area (Å²) in [6, 6.07) is 6.66. The van der Waals surface area contributed by atoms with Crippen LogP contribution in [0, 0.1) is 6.92 Å². The molecule has 76 valence electrons. The zero-order valence-electron chi connectivity index (χ0n) is 8.22. The van der Waals surface area contributed by atoms with E-state index in [0.717, 1.165) is 10.6 Å². The average Bonchev–Trinajstić information content (AvgIpc) is 2.66. The molecule has 1 aromatic rings. The molecule has 0 spiro atoms. The Labute approximate surface area is 94.2 Å². The number of benzene rings is 1. The summed E-state index contributed by atoms with van der Waals surface area (Å²) in [5.41, 5.74) is 2.34. The van der Waals surface area contributed by atoms with Gasteiger partial charge in [-0.2, -0.15) is 11.8 Å². The zero-order valence-corrected chi connectivity index (χ0v) is 9.79. The molecule has 1 aliphatic heterocycles. The molecule has 1 atom stereocenters. The first-order valence-electron chi connectivity index (χ1n) is 4.87. The maximum atomic E-state index is 6.05. The Bertz CT molecular complexity index is 321. The van der Waals surface area contributed by atoms with Crippen molar-refractivity contribution in [3.63, 3.8) is 0 Å². The molecule has 1 aliphatic rings. The van der Waals surface area contributed by atoms with Crippen LogP contribution in [-0.4, -0.2) is 17.5 Å². The number of hydrogen-bond donors (Lipinski definition) is 1. The molecular weight excluding hydrogens is 214 g/mol. The van der Waals surface area contributed by atoms with Gasteiger partial charge >= 0.3 is 0 Å². The van der Waals surface area contributed by atoms with Crippen molar-refractivity contribution in [1.29, 1.82) is 0 Å². The summed E-state index contributed by atoms with van der Waals surface area (Å²) in [5, 5.41) is 4.39. The van der Waals surface area contributed by atoms with Crippen molar-refractivity contribution in [3.8, 4) is 0 Å². The van der Waals surface area contributed by atoms with Gasteiger partial charge in [0, 0.05) is 22.5 Å². The van der Waals surface area contributed by atoms with Crippen LogP contribution >= 0.6 is 23.4 Å². The maximum Gasteiger partial charge on any atom is 0.0455 e. The molecular formula is C11H14ClNS. The van der Waals surface area contributed by atoms with E-state index in [1.165, 1.54) is 23.6 Å². The van der Waals surface area contributed by atoms with Crippen molar-refractivity contribution in [2.24, 2.45) is 0 Å². The summed E-state index contributed by atoms with van der Waals surface area (Å²) in [4.78, 5) is 0.